The van der Waals surface area contributed by atoms with E-state index in [1.165, 1.54) is 7.11 Å². The van der Waals surface area contributed by atoms with E-state index in [4.69, 9.17) is 9.84 Å². The molecule has 1 rings (SSSR count). The highest BCUT2D eigenvalue weighted by Crippen LogP contribution is 2.16. The molecule has 0 fully saturated rings. The third kappa shape index (κ3) is 4.59. The smallest absolute Gasteiger partial charge is 0.313 e. The average Bonchev–Trinajstić information content (AvgIpc) is 2.44. The second kappa shape index (κ2) is 7.38. The second-order valence-electron chi connectivity index (χ2n) is 3.95. The van der Waals surface area contributed by atoms with Gasteiger partial charge in [0.1, 0.15) is 5.75 Å². The minimum absolute atomic E-state index is 0.200. The van der Waals surface area contributed by atoms with E-state index < -0.39 is 17.9 Å². The number of aliphatic hydroxyl groups is 1. The lowest BCUT2D eigenvalue weighted by Gasteiger charge is -2.13. The first-order valence-corrected chi connectivity index (χ1v) is 5.97. The number of ether oxygens (including phenoxy) is 1. The van der Waals surface area contributed by atoms with Crippen LogP contribution in [0, 0.1) is 0 Å². The quantitative estimate of drug-likeness (QED) is 0.678. The van der Waals surface area contributed by atoms with Crippen molar-refractivity contribution in [3.05, 3.63) is 24.3 Å². The summed E-state index contributed by atoms with van der Waals surface area (Å²) in [6.45, 7) is 1.61. The van der Waals surface area contributed by atoms with Crippen LogP contribution in [-0.2, 0) is 9.59 Å². The van der Waals surface area contributed by atoms with Crippen molar-refractivity contribution in [3.8, 4) is 5.75 Å². The number of benzene rings is 1. The molecule has 1 unspecified atom stereocenters. The summed E-state index contributed by atoms with van der Waals surface area (Å²) in [5.74, 6) is -0.969. The van der Waals surface area contributed by atoms with Gasteiger partial charge in [-0.05, 0) is 18.6 Å². The summed E-state index contributed by atoms with van der Waals surface area (Å²) in [4.78, 5) is 23.2. The maximum Gasteiger partial charge on any atom is 0.313 e. The van der Waals surface area contributed by atoms with Crippen LogP contribution in [0.4, 0.5) is 5.69 Å². The summed E-state index contributed by atoms with van der Waals surface area (Å²) in [7, 11) is 1.51. The van der Waals surface area contributed by atoms with Gasteiger partial charge in [0.25, 0.3) is 0 Å². The maximum absolute atomic E-state index is 11.6. The highest BCUT2D eigenvalue weighted by atomic mass is 16.5. The third-order valence-corrected chi connectivity index (χ3v) is 2.58. The largest absolute Gasteiger partial charge is 0.497 e. The molecule has 0 aromatic heterocycles. The molecule has 1 aromatic carbocycles. The second-order valence-corrected chi connectivity index (χ2v) is 3.95. The fourth-order valence-electron chi connectivity index (χ4n) is 1.42. The van der Waals surface area contributed by atoms with Gasteiger partial charge >= 0.3 is 11.8 Å². The third-order valence-electron chi connectivity index (χ3n) is 2.58. The van der Waals surface area contributed by atoms with E-state index in [-0.39, 0.29) is 6.61 Å². The van der Waals surface area contributed by atoms with E-state index >= 15 is 0 Å². The SMILES string of the molecule is CCC(CO)NC(=O)C(=O)Nc1cccc(OC)c1. The van der Waals surface area contributed by atoms with Crippen LogP contribution >= 0.6 is 0 Å². The molecular weight excluding hydrogens is 248 g/mol. The Balaban J connectivity index is 2.60. The molecule has 0 heterocycles. The Labute approximate surface area is 111 Å². The molecule has 0 aliphatic carbocycles. The summed E-state index contributed by atoms with van der Waals surface area (Å²) in [6, 6.07) is 6.28. The molecule has 1 aromatic rings. The van der Waals surface area contributed by atoms with Crippen LogP contribution in [0.5, 0.6) is 5.75 Å². The first kappa shape index (κ1) is 15.0. The summed E-state index contributed by atoms with van der Waals surface area (Å²) >= 11 is 0. The molecule has 0 saturated heterocycles. The zero-order valence-electron chi connectivity index (χ0n) is 11.0. The van der Waals surface area contributed by atoms with E-state index in [0.29, 0.717) is 17.9 Å². The van der Waals surface area contributed by atoms with Crippen molar-refractivity contribution >= 4 is 17.5 Å². The molecule has 19 heavy (non-hydrogen) atoms. The van der Waals surface area contributed by atoms with Crippen molar-refractivity contribution < 1.29 is 19.4 Å². The number of anilines is 1. The van der Waals surface area contributed by atoms with Gasteiger partial charge in [0.15, 0.2) is 0 Å². The summed E-state index contributed by atoms with van der Waals surface area (Å²) in [6.07, 6.45) is 0.550. The summed E-state index contributed by atoms with van der Waals surface area (Å²) in [5.41, 5.74) is 0.469. The van der Waals surface area contributed by atoms with E-state index in [1.54, 1.807) is 31.2 Å². The van der Waals surface area contributed by atoms with Crippen LogP contribution in [0.1, 0.15) is 13.3 Å². The normalized spacial score (nSPS) is 11.5. The zero-order valence-corrected chi connectivity index (χ0v) is 11.0. The molecule has 3 N–H and O–H groups in total. The predicted octanol–water partition coefficient (Wildman–Crippen LogP) is 0.521. The van der Waals surface area contributed by atoms with Crippen LogP contribution < -0.4 is 15.4 Å². The lowest BCUT2D eigenvalue weighted by atomic mass is 10.2. The highest BCUT2D eigenvalue weighted by molar-refractivity contribution is 6.39. The van der Waals surface area contributed by atoms with Gasteiger partial charge in [0.2, 0.25) is 0 Å². The van der Waals surface area contributed by atoms with E-state index in [0.717, 1.165) is 0 Å². The number of rotatable bonds is 5. The molecule has 6 heteroatoms. The highest BCUT2D eigenvalue weighted by Gasteiger charge is 2.17. The predicted molar refractivity (Wildman–Crippen MR) is 70.9 cm³/mol. The van der Waals surface area contributed by atoms with Crippen LogP contribution in [-0.4, -0.2) is 36.7 Å². The number of carbonyl (C=O) groups excluding carboxylic acids is 2. The molecule has 104 valence electrons. The lowest BCUT2D eigenvalue weighted by molar-refractivity contribution is -0.136. The molecular formula is C13H18N2O4. The number of aliphatic hydroxyl groups excluding tert-OH is 1. The molecule has 0 bridgehead atoms. The van der Waals surface area contributed by atoms with Gasteiger partial charge in [-0.25, -0.2) is 0 Å². The first-order chi connectivity index (χ1) is 9.10. The Bertz CT molecular complexity index is 444. The minimum Gasteiger partial charge on any atom is -0.497 e. The topological polar surface area (TPSA) is 87.7 Å². The van der Waals surface area contributed by atoms with Crippen LogP contribution in [0.2, 0.25) is 0 Å². The van der Waals surface area contributed by atoms with Gasteiger partial charge in [-0.1, -0.05) is 13.0 Å². The molecule has 0 spiro atoms. The van der Waals surface area contributed by atoms with Gasteiger partial charge < -0.3 is 20.5 Å². The van der Waals surface area contributed by atoms with Gasteiger partial charge in [0.05, 0.1) is 19.8 Å². The van der Waals surface area contributed by atoms with Crippen LogP contribution in [0.3, 0.4) is 0 Å². The Kier molecular flexibility index (Phi) is 5.81. The minimum atomic E-state index is -0.778. The Morgan fingerprint density at radius 3 is 2.68 bits per heavy atom. The number of hydrogen-bond acceptors (Lipinski definition) is 4. The molecule has 0 aliphatic rings. The van der Waals surface area contributed by atoms with Crippen molar-refractivity contribution in [2.24, 2.45) is 0 Å². The van der Waals surface area contributed by atoms with E-state index in [2.05, 4.69) is 10.6 Å². The zero-order chi connectivity index (χ0) is 14.3. The molecule has 0 aliphatic heterocycles. The number of nitrogens with one attached hydrogen (secondary N) is 2. The maximum atomic E-state index is 11.6. The van der Waals surface area contributed by atoms with Gasteiger partial charge in [0, 0.05) is 11.8 Å². The number of amides is 2. The molecule has 0 saturated carbocycles. The fourth-order valence-corrected chi connectivity index (χ4v) is 1.42. The fraction of sp³-hybridized carbons (Fsp3) is 0.385. The first-order valence-electron chi connectivity index (χ1n) is 5.97. The van der Waals surface area contributed by atoms with Crippen molar-refractivity contribution in [1.29, 1.82) is 0 Å². The Morgan fingerprint density at radius 1 is 1.37 bits per heavy atom. The summed E-state index contributed by atoms with van der Waals surface area (Å²) in [5, 5.41) is 13.8. The van der Waals surface area contributed by atoms with Gasteiger partial charge in [-0.15, -0.1) is 0 Å². The van der Waals surface area contributed by atoms with Crippen molar-refractivity contribution in [2.45, 2.75) is 19.4 Å². The molecule has 2 amide bonds. The van der Waals surface area contributed by atoms with Crippen molar-refractivity contribution in [3.63, 3.8) is 0 Å². The monoisotopic (exact) mass is 266 g/mol. The van der Waals surface area contributed by atoms with Gasteiger partial charge in [-0.2, -0.15) is 0 Å². The number of hydrogen-bond donors (Lipinski definition) is 3. The Hall–Kier alpha value is -2.08. The lowest BCUT2D eigenvalue weighted by Crippen LogP contribution is -2.43. The van der Waals surface area contributed by atoms with Crippen LogP contribution in [0.25, 0.3) is 0 Å². The van der Waals surface area contributed by atoms with E-state index in [1.807, 2.05) is 0 Å². The van der Waals surface area contributed by atoms with Gasteiger partial charge in [-0.3, -0.25) is 9.59 Å². The average molecular weight is 266 g/mol. The van der Waals surface area contributed by atoms with Crippen molar-refractivity contribution in [1.82, 2.24) is 5.32 Å². The standard InChI is InChI=1S/C13H18N2O4/c1-3-9(8-16)14-12(17)13(18)15-10-5-4-6-11(7-10)19-2/h4-7,9,16H,3,8H2,1-2H3,(H,14,17)(H,15,18). The molecule has 6 nitrogen and oxygen atoms in total. The summed E-state index contributed by atoms with van der Waals surface area (Å²) < 4.78 is 5.01. The van der Waals surface area contributed by atoms with E-state index in [9.17, 15) is 9.59 Å². The number of carbonyl (C=O) groups is 2. The van der Waals surface area contributed by atoms with Crippen LogP contribution in [0.15, 0.2) is 24.3 Å². The Morgan fingerprint density at radius 2 is 2.11 bits per heavy atom. The molecule has 1 atom stereocenters. The van der Waals surface area contributed by atoms with Crippen molar-refractivity contribution in [2.75, 3.05) is 19.0 Å². The molecule has 0 radical (unpaired) electrons. The number of methoxy groups -OCH3 is 1.